The van der Waals surface area contributed by atoms with E-state index in [2.05, 4.69) is 11.3 Å². The Balaban J connectivity index is 2.87. The van der Waals surface area contributed by atoms with E-state index in [0.717, 1.165) is 11.1 Å². The number of esters is 1. The summed E-state index contributed by atoms with van der Waals surface area (Å²) in [7, 11) is 1.39. The maximum absolute atomic E-state index is 11.0. The first-order valence-corrected chi connectivity index (χ1v) is 4.05. The maximum atomic E-state index is 11.0. The van der Waals surface area contributed by atoms with Gasteiger partial charge in [0.05, 0.1) is 13.5 Å². The molecule has 0 aliphatic heterocycles. The lowest BCUT2D eigenvalue weighted by molar-refractivity contribution is -0.139. The van der Waals surface area contributed by atoms with Gasteiger partial charge in [-0.2, -0.15) is 0 Å². The molecule has 0 atom stereocenters. The van der Waals surface area contributed by atoms with E-state index in [0.29, 0.717) is 6.42 Å². The van der Waals surface area contributed by atoms with Crippen LogP contribution in [-0.2, 0) is 16.0 Å². The molecule has 0 aromatic heterocycles. The van der Waals surface area contributed by atoms with Crippen molar-refractivity contribution in [2.75, 3.05) is 7.11 Å². The average molecular weight is 176 g/mol. The van der Waals surface area contributed by atoms with E-state index in [1.807, 2.05) is 24.3 Å². The van der Waals surface area contributed by atoms with Gasteiger partial charge in [0.2, 0.25) is 0 Å². The molecule has 68 valence electrons. The highest BCUT2D eigenvalue weighted by molar-refractivity contribution is 5.74. The molecular weight excluding hydrogens is 164 g/mol. The van der Waals surface area contributed by atoms with Crippen LogP contribution in [0.2, 0.25) is 0 Å². The van der Waals surface area contributed by atoms with Crippen molar-refractivity contribution in [3.05, 3.63) is 42.0 Å². The number of carbonyl (C=O) groups excluding carboxylic acids is 1. The standard InChI is InChI=1S/C11H12O2/c1-3-9-6-4-5-7-10(9)8-11(12)13-2/h3-7H,1,8H2,2H3. The summed E-state index contributed by atoms with van der Waals surface area (Å²) >= 11 is 0. The van der Waals surface area contributed by atoms with E-state index in [9.17, 15) is 4.79 Å². The maximum Gasteiger partial charge on any atom is 0.309 e. The number of methoxy groups -OCH3 is 1. The normalized spacial score (nSPS) is 9.31. The molecule has 13 heavy (non-hydrogen) atoms. The van der Waals surface area contributed by atoms with Gasteiger partial charge in [-0.05, 0) is 11.1 Å². The van der Waals surface area contributed by atoms with Crippen LogP contribution in [0.3, 0.4) is 0 Å². The molecule has 0 heterocycles. The van der Waals surface area contributed by atoms with E-state index in [1.54, 1.807) is 6.08 Å². The largest absolute Gasteiger partial charge is 0.469 e. The Morgan fingerprint density at radius 1 is 1.54 bits per heavy atom. The molecule has 0 aliphatic rings. The summed E-state index contributed by atoms with van der Waals surface area (Å²) in [6, 6.07) is 7.63. The molecule has 2 nitrogen and oxygen atoms in total. The molecule has 0 unspecified atom stereocenters. The predicted octanol–water partition coefficient (Wildman–Crippen LogP) is 2.05. The fourth-order valence-electron chi connectivity index (χ4n) is 1.12. The third-order valence-corrected chi connectivity index (χ3v) is 1.84. The van der Waals surface area contributed by atoms with Gasteiger partial charge in [0.15, 0.2) is 0 Å². The molecule has 1 aromatic carbocycles. The van der Waals surface area contributed by atoms with E-state index in [4.69, 9.17) is 0 Å². The number of ether oxygens (including phenoxy) is 1. The van der Waals surface area contributed by atoms with Crippen LogP contribution in [0.1, 0.15) is 11.1 Å². The highest BCUT2D eigenvalue weighted by atomic mass is 16.5. The van der Waals surface area contributed by atoms with Gasteiger partial charge in [0.1, 0.15) is 0 Å². The first kappa shape index (κ1) is 9.52. The fraction of sp³-hybridized carbons (Fsp3) is 0.182. The Morgan fingerprint density at radius 3 is 2.85 bits per heavy atom. The first-order chi connectivity index (χ1) is 6.27. The van der Waals surface area contributed by atoms with Crippen molar-refractivity contribution in [1.29, 1.82) is 0 Å². The minimum absolute atomic E-state index is 0.227. The lowest BCUT2D eigenvalue weighted by Gasteiger charge is -2.03. The zero-order valence-electron chi connectivity index (χ0n) is 7.62. The van der Waals surface area contributed by atoms with Crippen molar-refractivity contribution in [3.63, 3.8) is 0 Å². The number of carbonyl (C=O) groups is 1. The zero-order valence-corrected chi connectivity index (χ0v) is 7.62. The SMILES string of the molecule is C=Cc1ccccc1CC(=O)OC. The Kier molecular flexibility index (Phi) is 3.26. The third-order valence-electron chi connectivity index (χ3n) is 1.84. The highest BCUT2D eigenvalue weighted by Crippen LogP contribution is 2.10. The van der Waals surface area contributed by atoms with Crippen LogP contribution in [0.15, 0.2) is 30.8 Å². The molecule has 0 fully saturated rings. The van der Waals surface area contributed by atoms with E-state index < -0.39 is 0 Å². The molecule has 0 saturated carbocycles. The highest BCUT2D eigenvalue weighted by Gasteiger charge is 2.04. The van der Waals surface area contributed by atoms with Crippen molar-refractivity contribution in [2.45, 2.75) is 6.42 Å². The van der Waals surface area contributed by atoms with Crippen LogP contribution in [0.5, 0.6) is 0 Å². The zero-order chi connectivity index (χ0) is 9.68. The number of benzene rings is 1. The predicted molar refractivity (Wildman–Crippen MR) is 52.3 cm³/mol. The number of rotatable bonds is 3. The molecule has 0 aliphatic carbocycles. The molecule has 0 saturated heterocycles. The average Bonchev–Trinajstić information content (AvgIpc) is 2.18. The Labute approximate surface area is 77.8 Å². The summed E-state index contributed by atoms with van der Waals surface area (Å²) in [5.74, 6) is -0.227. The second-order valence-electron chi connectivity index (χ2n) is 2.66. The van der Waals surface area contributed by atoms with Gasteiger partial charge >= 0.3 is 5.97 Å². The van der Waals surface area contributed by atoms with Crippen LogP contribution >= 0.6 is 0 Å². The second kappa shape index (κ2) is 4.45. The molecule has 0 bridgehead atoms. The monoisotopic (exact) mass is 176 g/mol. The fourth-order valence-corrected chi connectivity index (χ4v) is 1.12. The quantitative estimate of drug-likeness (QED) is 0.659. The molecule has 0 amide bonds. The topological polar surface area (TPSA) is 26.3 Å². The Hall–Kier alpha value is -1.57. The molecule has 0 radical (unpaired) electrons. The van der Waals surface area contributed by atoms with Crippen molar-refractivity contribution in [1.82, 2.24) is 0 Å². The van der Waals surface area contributed by atoms with Crippen LogP contribution in [0.25, 0.3) is 6.08 Å². The van der Waals surface area contributed by atoms with Crippen molar-refractivity contribution >= 4 is 12.0 Å². The van der Waals surface area contributed by atoms with Gasteiger partial charge in [-0.3, -0.25) is 4.79 Å². The van der Waals surface area contributed by atoms with Crippen LogP contribution < -0.4 is 0 Å². The van der Waals surface area contributed by atoms with Crippen molar-refractivity contribution in [2.24, 2.45) is 0 Å². The lowest BCUT2D eigenvalue weighted by atomic mass is 10.1. The van der Waals surface area contributed by atoms with Gasteiger partial charge in [0.25, 0.3) is 0 Å². The van der Waals surface area contributed by atoms with Crippen molar-refractivity contribution in [3.8, 4) is 0 Å². The summed E-state index contributed by atoms with van der Waals surface area (Å²) in [5, 5.41) is 0. The summed E-state index contributed by atoms with van der Waals surface area (Å²) in [6.07, 6.45) is 2.04. The van der Waals surface area contributed by atoms with E-state index in [1.165, 1.54) is 7.11 Å². The summed E-state index contributed by atoms with van der Waals surface area (Å²) < 4.78 is 4.58. The molecular formula is C11H12O2. The summed E-state index contributed by atoms with van der Waals surface area (Å²) in [6.45, 7) is 3.67. The van der Waals surface area contributed by atoms with Gasteiger partial charge in [-0.15, -0.1) is 0 Å². The third kappa shape index (κ3) is 2.44. The number of hydrogen-bond acceptors (Lipinski definition) is 2. The smallest absolute Gasteiger partial charge is 0.309 e. The second-order valence-corrected chi connectivity index (χ2v) is 2.66. The summed E-state index contributed by atoms with van der Waals surface area (Å²) in [4.78, 5) is 11.0. The number of hydrogen-bond donors (Lipinski definition) is 0. The Bertz CT molecular complexity index is 316. The van der Waals surface area contributed by atoms with Gasteiger partial charge in [-0.1, -0.05) is 36.9 Å². The molecule has 0 N–H and O–H groups in total. The summed E-state index contributed by atoms with van der Waals surface area (Å²) in [5.41, 5.74) is 1.93. The van der Waals surface area contributed by atoms with Gasteiger partial charge in [-0.25, -0.2) is 0 Å². The molecule has 1 aromatic rings. The molecule has 1 rings (SSSR count). The molecule has 2 heteroatoms. The van der Waals surface area contributed by atoms with Gasteiger partial charge in [0, 0.05) is 0 Å². The van der Waals surface area contributed by atoms with Crippen LogP contribution in [-0.4, -0.2) is 13.1 Å². The first-order valence-electron chi connectivity index (χ1n) is 4.05. The Morgan fingerprint density at radius 2 is 2.23 bits per heavy atom. The lowest BCUT2D eigenvalue weighted by Crippen LogP contribution is -2.05. The van der Waals surface area contributed by atoms with Crippen molar-refractivity contribution < 1.29 is 9.53 Å². The minimum Gasteiger partial charge on any atom is -0.469 e. The molecule has 0 spiro atoms. The minimum atomic E-state index is -0.227. The van der Waals surface area contributed by atoms with Crippen LogP contribution in [0.4, 0.5) is 0 Å². The van der Waals surface area contributed by atoms with Crippen LogP contribution in [0, 0.1) is 0 Å². The van der Waals surface area contributed by atoms with E-state index in [-0.39, 0.29) is 5.97 Å². The van der Waals surface area contributed by atoms with Gasteiger partial charge < -0.3 is 4.74 Å². The van der Waals surface area contributed by atoms with E-state index >= 15 is 0 Å².